The van der Waals surface area contributed by atoms with Crippen LogP contribution in [0.5, 0.6) is 0 Å². The number of nitrogens with zero attached hydrogens (tertiary/aromatic N) is 1. The van der Waals surface area contributed by atoms with Crippen molar-refractivity contribution in [3.63, 3.8) is 0 Å². The highest BCUT2D eigenvalue weighted by Crippen LogP contribution is 2.24. The lowest BCUT2D eigenvalue weighted by Crippen LogP contribution is -2.33. The molecule has 0 aliphatic carbocycles. The van der Waals surface area contributed by atoms with Crippen LogP contribution in [0, 0.1) is 5.92 Å². The molecule has 1 aliphatic heterocycles. The molecule has 0 unspecified atom stereocenters. The summed E-state index contributed by atoms with van der Waals surface area (Å²) in [6, 6.07) is 8.18. The van der Waals surface area contributed by atoms with Crippen LogP contribution in [0.4, 0.5) is 5.69 Å². The molecule has 1 saturated heterocycles. The van der Waals surface area contributed by atoms with Gasteiger partial charge in [-0.1, -0.05) is 12.1 Å². The number of nitrogens with one attached hydrogen (secondary N) is 1. The number of hydrogen-bond acceptors (Lipinski definition) is 3. The predicted molar refractivity (Wildman–Crippen MR) is 80.6 cm³/mol. The molecule has 0 aromatic heterocycles. The highest BCUT2D eigenvalue weighted by Gasteiger charge is 2.33. The van der Waals surface area contributed by atoms with E-state index in [1.54, 1.807) is 0 Å². The van der Waals surface area contributed by atoms with Crippen molar-refractivity contribution in [2.75, 3.05) is 25.5 Å². The summed E-state index contributed by atoms with van der Waals surface area (Å²) < 4.78 is 5.39. The lowest BCUT2D eigenvalue weighted by Gasteiger charge is -2.20. The predicted octanol–water partition coefficient (Wildman–Crippen LogP) is 2.50. The first kappa shape index (κ1) is 15.0. The molecule has 1 heterocycles. The zero-order valence-electron chi connectivity index (χ0n) is 12.6. The van der Waals surface area contributed by atoms with Crippen molar-refractivity contribution < 1.29 is 9.53 Å². The molecule has 1 amide bonds. The molecule has 110 valence electrons. The average molecular weight is 276 g/mol. The van der Waals surface area contributed by atoms with E-state index in [0.717, 1.165) is 24.2 Å². The first-order valence-corrected chi connectivity index (χ1v) is 7.29. The van der Waals surface area contributed by atoms with E-state index in [0.29, 0.717) is 19.3 Å². The van der Waals surface area contributed by atoms with Gasteiger partial charge in [0.15, 0.2) is 0 Å². The minimum absolute atomic E-state index is 0.0792. The standard InChI is InChI=1S/C16H24N2O2/c1-4-20-11-13-6-5-7-14(10-13)17-16(19)15-8-9-18(3)12(15)2/h5-7,10,12,15H,4,8-9,11H2,1-3H3,(H,17,19)/t12-,15+/m1/s1. The molecule has 0 radical (unpaired) electrons. The molecule has 1 fully saturated rings. The Labute approximate surface area is 121 Å². The molecule has 1 aromatic rings. The van der Waals surface area contributed by atoms with E-state index in [4.69, 9.17) is 4.74 Å². The summed E-state index contributed by atoms with van der Waals surface area (Å²) in [6.45, 7) is 6.36. The minimum Gasteiger partial charge on any atom is -0.377 e. The van der Waals surface area contributed by atoms with E-state index in [9.17, 15) is 4.79 Å². The number of carbonyl (C=O) groups is 1. The van der Waals surface area contributed by atoms with Gasteiger partial charge in [0.2, 0.25) is 5.91 Å². The summed E-state index contributed by atoms with van der Waals surface area (Å²) in [5, 5.41) is 3.03. The van der Waals surface area contributed by atoms with Crippen LogP contribution in [0.2, 0.25) is 0 Å². The number of likely N-dealkylation sites (tertiary alicyclic amines) is 1. The maximum absolute atomic E-state index is 12.3. The number of anilines is 1. The summed E-state index contributed by atoms with van der Waals surface area (Å²) in [6.07, 6.45) is 0.933. The van der Waals surface area contributed by atoms with Gasteiger partial charge < -0.3 is 15.0 Å². The Morgan fingerprint density at radius 1 is 1.50 bits per heavy atom. The van der Waals surface area contributed by atoms with E-state index in [-0.39, 0.29) is 11.8 Å². The highest BCUT2D eigenvalue weighted by molar-refractivity contribution is 5.93. The van der Waals surface area contributed by atoms with Crippen LogP contribution in [-0.4, -0.2) is 37.0 Å². The Bertz CT molecular complexity index is 462. The number of benzene rings is 1. The smallest absolute Gasteiger partial charge is 0.229 e. The van der Waals surface area contributed by atoms with Gasteiger partial charge in [0.25, 0.3) is 0 Å². The molecule has 0 bridgehead atoms. The van der Waals surface area contributed by atoms with Crippen molar-refractivity contribution in [2.24, 2.45) is 5.92 Å². The van der Waals surface area contributed by atoms with Gasteiger partial charge in [0.1, 0.15) is 0 Å². The summed E-state index contributed by atoms with van der Waals surface area (Å²) in [4.78, 5) is 14.6. The third-order valence-corrected chi connectivity index (χ3v) is 4.07. The van der Waals surface area contributed by atoms with Crippen molar-refractivity contribution in [3.05, 3.63) is 29.8 Å². The molecule has 2 rings (SSSR count). The Balaban J connectivity index is 1.97. The van der Waals surface area contributed by atoms with E-state index in [1.807, 2.05) is 31.2 Å². The van der Waals surface area contributed by atoms with Gasteiger partial charge in [-0.3, -0.25) is 4.79 Å². The van der Waals surface area contributed by atoms with Crippen molar-refractivity contribution in [3.8, 4) is 0 Å². The maximum Gasteiger partial charge on any atom is 0.229 e. The average Bonchev–Trinajstić information content (AvgIpc) is 2.77. The van der Waals surface area contributed by atoms with Gasteiger partial charge in [0, 0.05) is 18.3 Å². The number of carbonyl (C=O) groups excluding carboxylic acids is 1. The molecule has 0 saturated carbocycles. The van der Waals surface area contributed by atoms with Crippen LogP contribution in [0.15, 0.2) is 24.3 Å². The van der Waals surface area contributed by atoms with Crippen molar-refractivity contribution in [1.82, 2.24) is 4.90 Å². The number of hydrogen-bond donors (Lipinski definition) is 1. The Morgan fingerprint density at radius 3 is 2.95 bits per heavy atom. The fraction of sp³-hybridized carbons (Fsp3) is 0.562. The fourth-order valence-corrected chi connectivity index (χ4v) is 2.64. The molecular weight excluding hydrogens is 252 g/mol. The molecule has 1 N–H and O–H groups in total. The topological polar surface area (TPSA) is 41.6 Å². The Kier molecular flexibility index (Phi) is 5.15. The lowest BCUT2D eigenvalue weighted by atomic mass is 10.0. The van der Waals surface area contributed by atoms with Gasteiger partial charge in [-0.2, -0.15) is 0 Å². The van der Waals surface area contributed by atoms with Gasteiger partial charge in [-0.15, -0.1) is 0 Å². The fourth-order valence-electron chi connectivity index (χ4n) is 2.64. The quantitative estimate of drug-likeness (QED) is 0.898. The third kappa shape index (κ3) is 3.58. The van der Waals surface area contributed by atoms with Crippen LogP contribution in [0.25, 0.3) is 0 Å². The third-order valence-electron chi connectivity index (χ3n) is 4.07. The second-order valence-electron chi connectivity index (χ2n) is 5.44. The largest absolute Gasteiger partial charge is 0.377 e. The second-order valence-corrected chi connectivity index (χ2v) is 5.44. The monoisotopic (exact) mass is 276 g/mol. The highest BCUT2D eigenvalue weighted by atomic mass is 16.5. The molecule has 0 spiro atoms. The van der Waals surface area contributed by atoms with E-state index in [1.165, 1.54) is 0 Å². The number of rotatable bonds is 5. The van der Waals surface area contributed by atoms with Crippen LogP contribution in [-0.2, 0) is 16.1 Å². The Hall–Kier alpha value is -1.39. The van der Waals surface area contributed by atoms with E-state index < -0.39 is 0 Å². The molecular formula is C16H24N2O2. The molecule has 2 atom stereocenters. The van der Waals surface area contributed by atoms with Gasteiger partial charge in [0.05, 0.1) is 12.5 Å². The van der Waals surface area contributed by atoms with Gasteiger partial charge in [-0.05, 0) is 51.6 Å². The van der Waals surface area contributed by atoms with Gasteiger partial charge in [-0.25, -0.2) is 0 Å². The number of amides is 1. The zero-order valence-corrected chi connectivity index (χ0v) is 12.6. The summed E-state index contributed by atoms with van der Waals surface area (Å²) >= 11 is 0. The Morgan fingerprint density at radius 2 is 2.30 bits per heavy atom. The second kappa shape index (κ2) is 6.86. The summed E-state index contributed by atoms with van der Waals surface area (Å²) in [5.74, 6) is 0.200. The SMILES string of the molecule is CCOCc1cccc(NC(=O)[C@H]2CCN(C)[C@@H]2C)c1. The first-order valence-electron chi connectivity index (χ1n) is 7.29. The summed E-state index contributed by atoms with van der Waals surface area (Å²) in [5.41, 5.74) is 1.94. The molecule has 20 heavy (non-hydrogen) atoms. The zero-order chi connectivity index (χ0) is 14.5. The molecule has 1 aromatic carbocycles. The van der Waals surface area contributed by atoms with Crippen LogP contribution in [0.1, 0.15) is 25.8 Å². The van der Waals surface area contributed by atoms with Crippen molar-refractivity contribution in [1.29, 1.82) is 0 Å². The van der Waals surface area contributed by atoms with E-state index in [2.05, 4.69) is 24.2 Å². The van der Waals surface area contributed by atoms with Crippen molar-refractivity contribution in [2.45, 2.75) is 32.9 Å². The molecule has 1 aliphatic rings. The van der Waals surface area contributed by atoms with E-state index >= 15 is 0 Å². The first-order chi connectivity index (χ1) is 9.61. The summed E-state index contributed by atoms with van der Waals surface area (Å²) in [7, 11) is 2.07. The normalized spacial score (nSPS) is 22.9. The molecule has 4 nitrogen and oxygen atoms in total. The maximum atomic E-state index is 12.3. The molecule has 4 heteroatoms. The van der Waals surface area contributed by atoms with Crippen molar-refractivity contribution >= 4 is 11.6 Å². The number of ether oxygens (including phenoxy) is 1. The van der Waals surface area contributed by atoms with Crippen LogP contribution in [0.3, 0.4) is 0 Å². The lowest BCUT2D eigenvalue weighted by molar-refractivity contribution is -0.120. The van der Waals surface area contributed by atoms with Crippen LogP contribution >= 0.6 is 0 Å². The van der Waals surface area contributed by atoms with Crippen LogP contribution < -0.4 is 5.32 Å². The minimum atomic E-state index is 0.0792. The van der Waals surface area contributed by atoms with Gasteiger partial charge >= 0.3 is 0 Å².